The predicted octanol–water partition coefficient (Wildman–Crippen LogP) is 6.36. The molecule has 0 atom stereocenters. The van der Waals surface area contributed by atoms with Crippen LogP contribution in [0.1, 0.15) is 47.8 Å². The van der Waals surface area contributed by atoms with Crippen LogP contribution in [0.25, 0.3) is 27.4 Å². The third-order valence-electron chi connectivity index (χ3n) is 6.57. The molecule has 0 unspecified atom stereocenters. The van der Waals surface area contributed by atoms with E-state index in [0.717, 1.165) is 44.6 Å². The van der Waals surface area contributed by atoms with Gasteiger partial charge in [0.05, 0.1) is 24.4 Å². The van der Waals surface area contributed by atoms with Gasteiger partial charge in [-0.15, -0.1) is 11.3 Å². The van der Waals surface area contributed by atoms with Crippen LogP contribution in [0.15, 0.2) is 34.2 Å². The Morgan fingerprint density at radius 3 is 2.74 bits per heavy atom. The number of hydrogen-bond acceptors (Lipinski definition) is 9. The molecule has 5 aromatic rings. The number of benzene rings is 1. The number of imidazole rings is 1. The summed E-state index contributed by atoms with van der Waals surface area (Å²) in [6.07, 6.45) is 7.53. The van der Waals surface area contributed by atoms with Crippen LogP contribution in [-0.4, -0.2) is 33.8 Å². The summed E-state index contributed by atoms with van der Waals surface area (Å²) < 4.78 is 25.6. The molecule has 0 radical (unpaired) electrons. The predicted molar refractivity (Wildman–Crippen MR) is 136 cm³/mol. The van der Waals surface area contributed by atoms with Crippen molar-refractivity contribution < 1.29 is 18.6 Å². The number of fused-ring (bicyclic) bond motifs is 2. The summed E-state index contributed by atoms with van der Waals surface area (Å²) in [6, 6.07) is 5.69. The Balaban J connectivity index is 1.28. The zero-order chi connectivity index (χ0) is 24.0. The minimum absolute atomic E-state index is 0.254. The van der Waals surface area contributed by atoms with Gasteiger partial charge in [-0.05, 0) is 25.8 Å². The van der Waals surface area contributed by atoms with Crippen molar-refractivity contribution in [3.05, 3.63) is 45.5 Å². The maximum atomic E-state index is 6.25. The number of thiazole rings is 1. The first-order chi connectivity index (χ1) is 17.1. The third kappa shape index (κ3) is 4.09. The normalized spacial score (nSPS) is 15.7. The summed E-state index contributed by atoms with van der Waals surface area (Å²) in [5.41, 5.74) is 2.04. The van der Waals surface area contributed by atoms with E-state index >= 15 is 0 Å². The highest BCUT2D eigenvalue weighted by Crippen LogP contribution is 2.42. The van der Waals surface area contributed by atoms with E-state index in [1.165, 1.54) is 19.3 Å². The zero-order valence-corrected chi connectivity index (χ0v) is 21.5. The van der Waals surface area contributed by atoms with Gasteiger partial charge in [-0.3, -0.25) is 0 Å². The monoisotopic (exact) mass is 510 g/mol. The highest BCUT2D eigenvalue weighted by molar-refractivity contribution is 7.16. The van der Waals surface area contributed by atoms with Crippen molar-refractivity contribution in [2.24, 2.45) is 0 Å². The van der Waals surface area contributed by atoms with Gasteiger partial charge in [0.1, 0.15) is 45.0 Å². The first-order valence-corrected chi connectivity index (χ1v) is 13.3. The fourth-order valence-corrected chi connectivity index (χ4v) is 6.49. The molecule has 1 aliphatic carbocycles. The average molecular weight is 511 g/mol. The SMILES string of the molecule is COc1cc(OCc2csc(C3(OC)CCCCC3)n2)c2cc(-c3cn4nc(C)sc4n3)oc2c1. The van der Waals surface area contributed by atoms with Gasteiger partial charge in [0.15, 0.2) is 5.76 Å². The molecular formula is C25H26N4O4S2. The average Bonchev–Trinajstić information content (AvgIpc) is 3.65. The molecule has 0 bridgehead atoms. The van der Waals surface area contributed by atoms with Crippen LogP contribution >= 0.6 is 22.7 Å². The minimum atomic E-state index is -0.254. The fraction of sp³-hybridized carbons (Fsp3) is 0.400. The van der Waals surface area contributed by atoms with Crippen molar-refractivity contribution >= 4 is 38.6 Å². The highest BCUT2D eigenvalue weighted by Gasteiger charge is 2.36. The van der Waals surface area contributed by atoms with Gasteiger partial charge in [-0.1, -0.05) is 30.6 Å². The molecule has 1 aromatic carbocycles. The Morgan fingerprint density at radius 1 is 1.11 bits per heavy atom. The van der Waals surface area contributed by atoms with Crippen LogP contribution in [0, 0.1) is 6.92 Å². The first kappa shape index (κ1) is 22.5. The van der Waals surface area contributed by atoms with Gasteiger partial charge in [0.25, 0.3) is 0 Å². The standard InChI is InChI=1S/C25H26N4O4S2/c1-15-28-29-12-19(27-24(29)35-15)22-11-18-20(9-17(30-2)10-21(18)33-22)32-13-16-14-34-23(26-16)25(31-3)7-5-4-6-8-25/h9-12,14H,4-8,13H2,1-3H3. The number of aromatic nitrogens is 4. The molecule has 4 aromatic heterocycles. The number of rotatable bonds is 7. The Kier molecular flexibility index (Phi) is 5.74. The molecule has 1 aliphatic rings. The van der Waals surface area contributed by atoms with E-state index in [1.54, 1.807) is 41.4 Å². The van der Waals surface area contributed by atoms with Crippen molar-refractivity contribution in [2.75, 3.05) is 14.2 Å². The second-order valence-corrected chi connectivity index (χ2v) is 10.8. The van der Waals surface area contributed by atoms with E-state index in [2.05, 4.69) is 15.5 Å². The van der Waals surface area contributed by atoms with Crippen molar-refractivity contribution in [2.45, 2.75) is 51.2 Å². The minimum Gasteiger partial charge on any atom is -0.496 e. The molecule has 8 nitrogen and oxygen atoms in total. The number of hydrogen-bond donors (Lipinski definition) is 0. The number of aryl methyl sites for hydroxylation is 1. The Morgan fingerprint density at radius 2 is 1.97 bits per heavy atom. The van der Waals surface area contributed by atoms with E-state index in [0.29, 0.717) is 29.4 Å². The van der Waals surface area contributed by atoms with E-state index < -0.39 is 0 Å². The van der Waals surface area contributed by atoms with Gasteiger partial charge in [-0.2, -0.15) is 5.10 Å². The maximum absolute atomic E-state index is 6.25. The highest BCUT2D eigenvalue weighted by atomic mass is 32.1. The molecule has 4 heterocycles. The molecular weight excluding hydrogens is 484 g/mol. The molecule has 0 spiro atoms. The second kappa shape index (κ2) is 8.92. The second-order valence-electron chi connectivity index (χ2n) is 8.81. The van der Waals surface area contributed by atoms with E-state index in [1.807, 2.05) is 31.3 Å². The van der Waals surface area contributed by atoms with Gasteiger partial charge < -0.3 is 18.6 Å². The Bertz CT molecular complexity index is 1460. The summed E-state index contributed by atoms with van der Waals surface area (Å²) in [7, 11) is 3.43. The van der Waals surface area contributed by atoms with Crippen molar-refractivity contribution in [1.82, 2.24) is 19.6 Å². The molecule has 0 amide bonds. The number of methoxy groups -OCH3 is 2. The summed E-state index contributed by atoms with van der Waals surface area (Å²) >= 11 is 3.20. The number of furan rings is 1. The van der Waals surface area contributed by atoms with E-state index in [9.17, 15) is 0 Å². The Labute approximate surface area is 210 Å². The smallest absolute Gasteiger partial charge is 0.212 e. The fourth-order valence-electron chi connectivity index (χ4n) is 4.73. The lowest BCUT2D eigenvalue weighted by molar-refractivity contribution is -0.0447. The molecule has 0 N–H and O–H groups in total. The van der Waals surface area contributed by atoms with Crippen LogP contribution in [0.2, 0.25) is 0 Å². The first-order valence-electron chi connectivity index (χ1n) is 11.6. The number of ether oxygens (including phenoxy) is 3. The third-order valence-corrected chi connectivity index (χ3v) is 8.49. The van der Waals surface area contributed by atoms with Crippen LogP contribution in [-0.2, 0) is 16.9 Å². The van der Waals surface area contributed by atoms with Crippen LogP contribution in [0.3, 0.4) is 0 Å². The van der Waals surface area contributed by atoms with Crippen molar-refractivity contribution in [3.63, 3.8) is 0 Å². The van der Waals surface area contributed by atoms with Gasteiger partial charge in [0, 0.05) is 24.6 Å². The van der Waals surface area contributed by atoms with Gasteiger partial charge >= 0.3 is 0 Å². The molecule has 182 valence electrons. The number of nitrogens with zero attached hydrogens (tertiary/aromatic N) is 4. The summed E-state index contributed by atoms with van der Waals surface area (Å²) in [4.78, 5) is 10.4. The summed E-state index contributed by atoms with van der Waals surface area (Å²) in [5.74, 6) is 2.00. The van der Waals surface area contributed by atoms with Crippen molar-refractivity contribution in [1.29, 1.82) is 0 Å². The van der Waals surface area contributed by atoms with Crippen LogP contribution < -0.4 is 9.47 Å². The summed E-state index contributed by atoms with van der Waals surface area (Å²) in [6.45, 7) is 2.31. The molecule has 6 rings (SSSR count). The molecule has 1 saturated carbocycles. The lowest BCUT2D eigenvalue weighted by Crippen LogP contribution is -2.31. The van der Waals surface area contributed by atoms with Crippen molar-refractivity contribution in [3.8, 4) is 23.0 Å². The van der Waals surface area contributed by atoms with Crippen LogP contribution in [0.5, 0.6) is 11.5 Å². The summed E-state index contributed by atoms with van der Waals surface area (Å²) in [5, 5.41) is 9.37. The lowest BCUT2D eigenvalue weighted by atomic mass is 9.85. The molecule has 35 heavy (non-hydrogen) atoms. The van der Waals surface area contributed by atoms with E-state index in [-0.39, 0.29) is 5.60 Å². The topological polar surface area (TPSA) is 83.9 Å². The molecule has 1 fully saturated rings. The largest absolute Gasteiger partial charge is 0.496 e. The molecule has 10 heteroatoms. The Hall–Kier alpha value is -2.95. The van der Waals surface area contributed by atoms with Gasteiger partial charge in [-0.25, -0.2) is 14.5 Å². The maximum Gasteiger partial charge on any atom is 0.212 e. The zero-order valence-electron chi connectivity index (χ0n) is 19.9. The lowest BCUT2D eigenvalue weighted by Gasteiger charge is -2.34. The van der Waals surface area contributed by atoms with Gasteiger partial charge in [0.2, 0.25) is 4.96 Å². The van der Waals surface area contributed by atoms with Crippen LogP contribution in [0.4, 0.5) is 0 Å². The van der Waals surface area contributed by atoms with E-state index in [4.69, 9.17) is 23.6 Å². The molecule has 0 aliphatic heterocycles. The quantitative estimate of drug-likeness (QED) is 0.252. The molecule has 0 saturated heterocycles.